The highest BCUT2D eigenvalue weighted by atomic mass is 16.7. The summed E-state index contributed by atoms with van der Waals surface area (Å²) in [4.78, 5) is 4.24. The van der Waals surface area contributed by atoms with Crippen LogP contribution in [0.25, 0.3) is 11.3 Å². The summed E-state index contributed by atoms with van der Waals surface area (Å²) in [6.07, 6.45) is 6.12. The van der Waals surface area contributed by atoms with Gasteiger partial charge < -0.3 is 14.0 Å². The Morgan fingerprint density at radius 3 is 3.06 bits per heavy atom. The molecule has 1 aliphatic rings. The largest absolute Gasteiger partial charge is 0.454 e. The van der Waals surface area contributed by atoms with E-state index in [0.29, 0.717) is 6.79 Å². The molecule has 18 heavy (non-hydrogen) atoms. The van der Waals surface area contributed by atoms with E-state index < -0.39 is 0 Å². The van der Waals surface area contributed by atoms with Crippen LogP contribution in [0, 0.1) is 0 Å². The minimum absolute atomic E-state index is 0.313. The third-order valence-electron chi connectivity index (χ3n) is 3.13. The minimum Gasteiger partial charge on any atom is -0.454 e. The molecule has 2 aromatic rings. The maximum atomic E-state index is 5.41. The van der Waals surface area contributed by atoms with Gasteiger partial charge in [0.1, 0.15) is 0 Å². The van der Waals surface area contributed by atoms with Gasteiger partial charge in [0.15, 0.2) is 11.5 Å². The molecular formula is C14H16N2O2. The SMILES string of the molecule is CCCCn1cncc1-c1ccc2c(c1)OCO2. The monoisotopic (exact) mass is 244 g/mol. The fourth-order valence-corrected chi connectivity index (χ4v) is 2.12. The molecule has 0 saturated heterocycles. The van der Waals surface area contributed by atoms with Crippen molar-refractivity contribution in [2.24, 2.45) is 0 Å². The van der Waals surface area contributed by atoms with Crippen LogP contribution < -0.4 is 9.47 Å². The first-order valence-electron chi connectivity index (χ1n) is 6.28. The molecule has 0 saturated carbocycles. The Morgan fingerprint density at radius 1 is 1.28 bits per heavy atom. The van der Waals surface area contributed by atoms with E-state index in [9.17, 15) is 0 Å². The molecule has 0 bridgehead atoms. The summed E-state index contributed by atoms with van der Waals surface area (Å²) in [5.74, 6) is 1.63. The Balaban J connectivity index is 1.92. The Morgan fingerprint density at radius 2 is 2.17 bits per heavy atom. The molecule has 1 aromatic carbocycles. The number of imidazole rings is 1. The van der Waals surface area contributed by atoms with Gasteiger partial charge in [-0.25, -0.2) is 4.98 Å². The number of hydrogen-bond acceptors (Lipinski definition) is 3. The fraction of sp³-hybridized carbons (Fsp3) is 0.357. The van der Waals surface area contributed by atoms with Crippen molar-refractivity contribution in [1.82, 2.24) is 9.55 Å². The standard InChI is InChI=1S/C14H16N2O2/c1-2-3-6-16-9-15-8-12(16)11-4-5-13-14(7-11)18-10-17-13/h4-5,7-9H,2-3,6,10H2,1H3. The molecule has 0 atom stereocenters. The second-order valence-corrected chi connectivity index (χ2v) is 4.39. The lowest BCUT2D eigenvalue weighted by Gasteiger charge is -2.08. The second-order valence-electron chi connectivity index (χ2n) is 4.39. The average Bonchev–Trinajstić information content (AvgIpc) is 3.03. The van der Waals surface area contributed by atoms with Gasteiger partial charge in [0.2, 0.25) is 6.79 Å². The van der Waals surface area contributed by atoms with E-state index in [-0.39, 0.29) is 0 Å². The molecule has 0 unspecified atom stereocenters. The predicted molar refractivity (Wildman–Crippen MR) is 68.7 cm³/mol. The summed E-state index contributed by atoms with van der Waals surface area (Å²) in [5.41, 5.74) is 2.25. The molecule has 1 aromatic heterocycles. The molecule has 4 nitrogen and oxygen atoms in total. The number of benzene rings is 1. The second kappa shape index (κ2) is 4.72. The maximum absolute atomic E-state index is 5.41. The van der Waals surface area contributed by atoms with Gasteiger partial charge in [0.25, 0.3) is 0 Å². The zero-order valence-electron chi connectivity index (χ0n) is 10.4. The van der Waals surface area contributed by atoms with Gasteiger partial charge >= 0.3 is 0 Å². The van der Waals surface area contributed by atoms with E-state index in [0.717, 1.165) is 35.7 Å². The summed E-state index contributed by atoms with van der Waals surface area (Å²) in [6.45, 7) is 3.51. The highest BCUT2D eigenvalue weighted by Crippen LogP contribution is 2.35. The van der Waals surface area contributed by atoms with Gasteiger partial charge in [-0.3, -0.25) is 0 Å². The van der Waals surface area contributed by atoms with Crippen LogP contribution in [-0.2, 0) is 6.54 Å². The van der Waals surface area contributed by atoms with E-state index in [2.05, 4.69) is 16.5 Å². The summed E-state index contributed by atoms with van der Waals surface area (Å²) in [7, 11) is 0. The number of rotatable bonds is 4. The zero-order chi connectivity index (χ0) is 12.4. The smallest absolute Gasteiger partial charge is 0.231 e. The van der Waals surface area contributed by atoms with Crippen molar-refractivity contribution in [3.05, 3.63) is 30.7 Å². The molecule has 0 spiro atoms. The van der Waals surface area contributed by atoms with Gasteiger partial charge in [-0.15, -0.1) is 0 Å². The number of ether oxygens (including phenoxy) is 2. The third-order valence-corrected chi connectivity index (χ3v) is 3.13. The summed E-state index contributed by atoms with van der Waals surface area (Å²) < 4.78 is 12.9. The average molecular weight is 244 g/mol. The molecule has 3 rings (SSSR count). The van der Waals surface area contributed by atoms with Crippen LogP contribution in [0.1, 0.15) is 19.8 Å². The molecule has 0 radical (unpaired) electrons. The van der Waals surface area contributed by atoms with Crippen LogP contribution in [0.15, 0.2) is 30.7 Å². The van der Waals surface area contributed by atoms with E-state index in [1.165, 1.54) is 6.42 Å². The highest BCUT2D eigenvalue weighted by molar-refractivity contribution is 5.64. The minimum atomic E-state index is 0.313. The molecule has 2 heterocycles. The van der Waals surface area contributed by atoms with Crippen LogP contribution in [0.5, 0.6) is 11.5 Å². The van der Waals surface area contributed by atoms with Crippen molar-refractivity contribution in [3.63, 3.8) is 0 Å². The molecular weight excluding hydrogens is 228 g/mol. The van der Waals surface area contributed by atoms with Gasteiger partial charge in [0, 0.05) is 12.1 Å². The summed E-state index contributed by atoms with van der Waals surface area (Å²) in [6, 6.07) is 6.02. The fourth-order valence-electron chi connectivity index (χ4n) is 2.12. The Hall–Kier alpha value is -1.97. The van der Waals surface area contributed by atoms with E-state index in [1.807, 2.05) is 30.7 Å². The molecule has 0 amide bonds. The molecule has 0 aliphatic carbocycles. The predicted octanol–water partition coefficient (Wildman–Crippen LogP) is 3.08. The third kappa shape index (κ3) is 1.94. The number of aromatic nitrogens is 2. The van der Waals surface area contributed by atoms with Crippen molar-refractivity contribution in [3.8, 4) is 22.8 Å². The van der Waals surface area contributed by atoms with Crippen LogP contribution in [-0.4, -0.2) is 16.3 Å². The van der Waals surface area contributed by atoms with Crippen LogP contribution in [0.2, 0.25) is 0 Å². The quantitative estimate of drug-likeness (QED) is 0.829. The molecule has 1 aliphatic heterocycles. The Labute approximate surface area is 106 Å². The van der Waals surface area contributed by atoms with Crippen LogP contribution in [0.4, 0.5) is 0 Å². The van der Waals surface area contributed by atoms with Gasteiger partial charge in [-0.05, 0) is 24.6 Å². The molecule has 94 valence electrons. The number of hydrogen-bond donors (Lipinski definition) is 0. The zero-order valence-corrected chi connectivity index (χ0v) is 10.4. The first-order valence-corrected chi connectivity index (χ1v) is 6.28. The number of unbranched alkanes of at least 4 members (excludes halogenated alkanes) is 1. The molecule has 0 fully saturated rings. The van der Waals surface area contributed by atoms with Crippen molar-refractivity contribution >= 4 is 0 Å². The number of fused-ring (bicyclic) bond motifs is 1. The van der Waals surface area contributed by atoms with Crippen LogP contribution in [0.3, 0.4) is 0 Å². The van der Waals surface area contributed by atoms with Gasteiger partial charge in [-0.2, -0.15) is 0 Å². The first kappa shape index (κ1) is 11.1. The number of aryl methyl sites for hydroxylation is 1. The van der Waals surface area contributed by atoms with Crippen molar-refractivity contribution < 1.29 is 9.47 Å². The first-order chi connectivity index (χ1) is 8.88. The highest BCUT2D eigenvalue weighted by Gasteiger charge is 2.15. The van der Waals surface area contributed by atoms with Gasteiger partial charge in [0.05, 0.1) is 18.2 Å². The topological polar surface area (TPSA) is 36.3 Å². The van der Waals surface area contributed by atoms with E-state index in [4.69, 9.17) is 9.47 Å². The molecule has 4 heteroatoms. The van der Waals surface area contributed by atoms with E-state index >= 15 is 0 Å². The summed E-state index contributed by atoms with van der Waals surface area (Å²) >= 11 is 0. The lowest BCUT2D eigenvalue weighted by atomic mass is 10.1. The Kier molecular flexibility index (Phi) is 2.92. The Bertz CT molecular complexity index is 548. The van der Waals surface area contributed by atoms with Crippen molar-refractivity contribution in [2.45, 2.75) is 26.3 Å². The van der Waals surface area contributed by atoms with E-state index in [1.54, 1.807) is 0 Å². The van der Waals surface area contributed by atoms with Crippen molar-refractivity contribution in [1.29, 1.82) is 0 Å². The summed E-state index contributed by atoms with van der Waals surface area (Å²) in [5, 5.41) is 0. The number of nitrogens with zero attached hydrogens (tertiary/aromatic N) is 2. The molecule has 0 N–H and O–H groups in total. The normalized spacial score (nSPS) is 12.9. The van der Waals surface area contributed by atoms with Crippen molar-refractivity contribution in [2.75, 3.05) is 6.79 Å². The maximum Gasteiger partial charge on any atom is 0.231 e. The lowest BCUT2D eigenvalue weighted by molar-refractivity contribution is 0.174. The van der Waals surface area contributed by atoms with Gasteiger partial charge in [-0.1, -0.05) is 13.3 Å². The lowest BCUT2D eigenvalue weighted by Crippen LogP contribution is -1.98. The van der Waals surface area contributed by atoms with Crippen LogP contribution >= 0.6 is 0 Å².